The predicted octanol–water partition coefficient (Wildman–Crippen LogP) is 1.44. The Hall–Kier alpha value is -1.35. The fourth-order valence-corrected chi connectivity index (χ4v) is 2.21. The van der Waals surface area contributed by atoms with Crippen LogP contribution in [0.3, 0.4) is 0 Å². The van der Waals surface area contributed by atoms with E-state index in [1.54, 1.807) is 0 Å². The van der Waals surface area contributed by atoms with Gasteiger partial charge in [-0.1, -0.05) is 24.3 Å². The zero-order chi connectivity index (χ0) is 11.7. The number of amides is 1. The van der Waals surface area contributed by atoms with Crippen molar-refractivity contribution in [3.63, 3.8) is 0 Å². The normalized spacial score (nSPS) is 22.6. The molecular weight excluding hydrogens is 200 g/mol. The van der Waals surface area contributed by atoms with Crippen molar-refractivity contribution in [3.05, 3.63) is 35.4 Å². The number of piperazine rings is 1. The SMILES string of the molecule is Cc1ccccc1C1C(=O)N(C)CCN1C. The summed E-state index contributed by atoms with van der Waals surface area (Å²) in [5.74, 6) is 0.197. The number of hydrogen-bond acceptors (Lipinski definition) is 2. The average molecular weight is 218 g/mol. The molecule has 1 amide bonds. The van der Waals surface area contributed by atoms with Crippen LogP contribution < -0.4 is 0 Å². The zero-order valence-electron chi connectivity index (χ0n) is 10.1. The van der Waals surface area contributed by atoms with Crippen LogP contribution in [0, 0.1) is 6.92 Å². The topological polar surface area (TPSA) is 23.6 Å². The van der Waals surface area contributed by atoms with Crippen LogP contribution in [0.4, 0.5) is 0 Å². The van der Waals surface area contributed by atoms with Crippen LogP contribution in [0.15, 0.2) is 24.3 Å². The molecule has 0 aromatic heterocycles. The minimum Gasteiger partial charge on any atom is -0.343 e. The Kier molecular flexibility index (Phi) is 2.97. The number of likely N-dealkylation sites (N-methyl/N-ethyl adjacent to an activating group) is 2. The van der Waals surface area contributed by atoms with Crippen molar-refractivity contribution in [2.45, 2.75) is 13.0 Å². The highest BCUT2D eigenvalue weighted by Crippen LogP contribution is 2.26. The Labute approximate surface area is 96.7 Å². The van der Waals surface area contributed by atoms with Crippen molar-refractivity contribution in [2.75, 3.05) is 27.2 Å². The largest absolute Gasteiger partial charge is 0.343 e. The minimum absolute atomic E-state index is 0.111. The zero-order valence-corrected chi connectivity index (χ0v) is 10.1. The van der Waals surface area contributed by atoms with E-state index in [4.69, 9.17) is 0 Å². The summed E-state index contributed by atoms with van der Waals surface area (Å²) in [7, 11) is 3.89. The van der Waals surface area contributed by atoms with Gasteiger partial charge in [-0.25, -0.2) is 0 Å². The third-order valence-electron chi connectivity index (χ3n) is 3.32. The third kappa shape index (κ3) is 1.83. The summed E-state index contributed by atoms with van der Waals surface area (Å²) in [6.45, 7) is 3.81. The second-order valence-electron chi connectivity index (χ2n) is 4.50. The van der Waals surface area contributed by atoms with E-state index in [1.807, 2.05) is 37.2 Å². The van der Waals surface area contributed by atoms with E-state index in [0.717, 1.165) is 18.7 Å². The first-order valence-corrected chi connectivity index (χ1v) is 5.62. The first kappa shape index (κ1) is 11.1. The van der Waals surface area contributed by atoms with Crippen LogP contribution in [-0.2, 0) is 4.79 Å². The Balaban J connectivity index is 2.38. The van der Waals surface area contributed by atoms with Gasteiger partial charge in [-0.15, -0.1) is 0 Å². The van der Waals surface area contributed by atoms with E-state index in [1.165, 1.54) is 5.56 Å². The van der Waals surface area contributed by atoms with E-state index in [2.05, 4.69) is 17.9 Å². The molecule has 0 spiro atoms. The second-order valence-corrected chi connectivity index (χ2v) is 4.50. The van der Waals surface area contributed by atoms with Gasteiger partial charge < -0.3 is 4.90 Å². The van der Waals surface area contributed by atoms with Crippen LogP contribution >= 0.6 is 0 Å². The highest BCUT2D eigenvalue weighted by molar-refractivity contribution is 5.84. The Morgan fingerprint density at radius 3 is 2.56 bits per heavy atom. The monoisotopic (exact) mass is 218 g/mol. The van der Waals surface area contributed by atoms with Crippen molar-refractivity contribution in [1.29, 1.82) is 0 Å². The van der Waals surface area contributed by atoms with Crippen molar-refractivity contribution in [3.8, 4) is 0 Å². The summed E-state index contributed by atoms with van der Waals surface area (Å²) < 4.78 is 0. The summed E-state index contributed by atoms with van der Waals surface area (Å²) in [6.07, 6.45) is 0. The third-order valence-corrected chi connectivity index (χ3v) is 3.32. The van der Waals surface area contributed by atoms with Gasteiger partial charge >= 0.3 is 0 Å². The highest BCUT2D eigenvalue weighted by Gasteiger charge is 2.32. The van der Waals surface area contributed by atoms with Crippen LogP contribution in [-0.4, -0.2) is 42.9 Å². The number of hydrogen-bond donors (Lipinski definition) is 0. The lowest BCUT2D eigenvalue weighted by atomic mass is 9.98. The van der Waals surface area contributed by atoms with Gasteiger partial charge in [-0.3, -0.25) is 9.69 Å². The number of aryl methyl sites for hydroxylation is 1. The van der Waals surface area contributed by atoms with Gasteiger partial charge in [0.15, 0.2) is 0 Å². The van der Waals surface area contributed by atoms with Gasteiger partial charge in [0.1, 0.15) is 6.04 Å². The number of carbonyl (C=O) groups is 1. The molecule has 0 aliphatic carbocycles. The molecule has 2 rings (SSSR count). The van der Waals surface area contributed by atoms with Crippen LogP contribution in [0.1, 0.15) is 17.2 Å². The van der Waals surface area contributed by atoms with Crippen LogP contribution in [0.5, 0.6) is 0 Å². The molecule has 1 atom stereocenters. The molecule has 1 fully saturated rings. The van der Waals surface area contributed by atoms with E-state index >= 15 is 0 Å². The minimum atomic E-state index is -0.111. The van der Waals surface area contributed by atoms with Crippen molar-refractivity contribution in [2.24, 2.45) is 0 Å². The molecule has 0 bridgehead atoms. The lowest BCUT2D eigenvalue weighted by molar-refractivity contribution is -0.139. The molecule has 0 saturated carbocycles. The smallest absolute Gasteiger partial charge is 0.244 e. The van der Waals surface area contributed by atoms with Gasteiger partial charge in [-0.05, 0) is 25.1 Å². The molecule has 1 unspecified atom stereocenters. The molecule has 86 valence electrons. The summed E-state index contributed by atoms with van der Waals surface area (Å²) in [4.78, 5) is 16.1. The summed E-state index contributed by atoms with van der Waals surface area (Å²) in [5.41, 5.74) is 2.31. The average Bonchev–Trinajstić information content (AvgIpc) is 2.27. The molecule has 1 heterocycles. The Bertz CT molecular complexity index is 403. The van der Waals surface area contributed by atoms with Crippen molar-refractivity contribution < 1.29 is 4.79 Å². The molecule has 3 heteroatoms. The van der Waals surface area contributed by atoms with Crippen molar-refractivity contribution in [1.82, 2.24) is 9.80 Å². The number of rotatable bonds is 1. The van der Waals surface area contributed by atoms with Crippen LogP contribution in [0.25, 0.3) is 0 Å². The van der Waals surface area contributed by atoms with Crippen molar-refractivity contribution >= 4 is 5.91 Å². The maximum Gasteiger partial charge on any atom is 0.244 e. The predicted molar refractivity (Wildman–Crippen MR) is 64.2 cm³/mol. The Morgan fingerprint density at radius 2 is 1.88 bits per heavy atom. The summed E-state index contributed by atoms with van der Waals surface area (Å²) >= 11 is 0. The molecule has 1 aromatic rings. The molecule has 3 nitrogen and oxygen atoms in total. The molecule has 1 aliphatic rings. The standard InChI is InChI=1S/C13H18N2O/c1-10-6-4-5-7-11(10)12-13(16)15(3)9-8-14(12)2/h4-7,12H,8-9H2,1-3H3. The second kappa shape index (κ2) is 4.26. The summed E-state index contributed by atoms with van der Waals surface area (Å²) in [5, 5.41) is 0. The molecule has 1 aromatic carbocycles. The van der Waals surface area contributed by atoms with Gasteiger partial charge in [0.25, 0.3) is 0 Å². The lowest BCUT2D eigenvalue weighted by Crippen LogP contribution is -2.49. The van der Waals surface area contributed by atoms with Gasteiger partial charge in [0.05, 0.1) is 0 Å². The van der Waals surface area contributed by atoms with E-state index in [-0.39, 0.29) is 11.9 Å². The van der Waals surface area contributed by atoms with Gasteiger partial charge in [-0.2, -0.15) is 0 Å². The number of nitrogens with zero attached hydrogens (tertiary/aromatic N) is 2. The molecule has 16 heavy (non-hydrogen) atoms. The first-order valence-electron chi connectivity index (χ1n) is 5.62. The molecule has 1 saturated heterocycles. The number of carbonyl (C=O) groups excluding carboxylic acids is 1. The first-order chi connectivity index (χ1) is 7.61. The molecule has 1 aliphatic heterocycles. The van der Waals surface area contributed by atoms with E-state index in [9.17, 15) is 4.79 Å². The van der Waals surface area contributed by atoms with Gasteiger partial charge in [0, 0.05) is 20.1 Å². The quantitative estimate of drug-likeness (QED) is 0.712. The maximum atomic E-state index is 12.2. The Morgan fingerprint density at radius 1 is 1.19 bits per heavy atom. The van der Waals surface area contributed by atoms with Gasteiger partial charge in [0.2, 0.25) is 5.91 Å². The molecule has 0 N–H and O–H groups in total. The molecular formula is C13H18N2O. The fraction of sp³-hybridized carbons (Fsp3) is 0.462. The molecule has 0 radical (unpaired) electrons. The highest BCUT2D eigenvalue weighted by atomic mass is 16.2. The number of benzene rings is 1. The fourth-order valence-electron chi connectivity index (χ4n) is 2.21. The van der Waals surface area contributed by atoms with E-state index < -0.39 is 0 Å². The summed E-state index contributed by atoms with van der Waals surface area (Å²) in [6, 6.07) is 8.01. The lowest BCUT2D eigenvalue weighted by Gasteiger charge is -2.37. The van der Waals surface area contributed by atoms with Crippen LogP contribution in [0.2, 0.25) is 0 Å². The maximum absolute atomic E-state index is 12.2. The van der Waals surface area contributed by atoms with E-state index in [0.29, 0.717) is 0 Å².